The van der Waals surface area contributed by atoms with Gasteiger partial charge in [-0.2, -0.15) is 0 Å². The Morgan fingerprint density at radius 1 is 1.50 bits per heavy atom. The highest BCUT2D eigenvalue weighted by atomic mass is 16.1. The molecule has 0 aliphatic carbocycles. The summed E-state index contributed by atoms with van der Waals surface area (Å²) in [5, 5.41) is 3.36. The van der Waals surface area contributed by atoms with Crippen LogP contribution in [0.5, 0.6) is 0 Å². The van der Waals surface area contributed by atoms with E-state index in [0.717, 1.165) is 6.42 Å². The van der Waals surface area contributed by atoms with Gasteiger partial charge in [0, 0.05) is 19.1 Å². The Balaban J connectivity index is 2.07. The van der Waals surface area contributed by atoms with Gasteiger partial charge in [0.15, 0.2) is 0 Å². The maximum atomic E-state index is 11.8. The average molecular weight is 247 g/mol. The van der Waals surface area contributed by atoms with Gasteiger partial charge in [-0.05, 0) is 26.0 Å². The summed E-state index contributed by atoms with van der Waals surface area (Å²) in [7, 11) is 2.03. The van der Waals surface area contributed by atoms with Gasteiger partial charge in [0.2, 0.25) is 5.91 Å². The van der Waals surface area contributed by atoms with Crippen molar-refractivity contribution in [1.29, 1.82) is 0 Å². The molecule has 18 heavy (non-hydrogen) atoms. The fourth-order valence-electron chi connectivity index (χ4n) is 2.57. The van der Waals surface area contributed by atoms with E-state index in [1.807, 2.05) is 37.4 Å². The highest BCUT2D eigenvalue weighted by Crippen LogP contribution is 2.25. The molecular weight excluding hydrogens is 226 g/mol. The lowest BCUT2D eigenvalue weighted by Crippen LogP contribution is -2.56. The summed E-state index contributed by atoms with van der Waals surface area (Å²) in [5.74, 6) is -0.255. The second-order valence-electron chi connectivity index (χ2n) is 5.25. The van der Waals surface area contributed by atoms with Crippen molar-refractivity contribution in [3.8, 4) is 0 Å². The summed E-state index contributed by atoms with van der Waals surface area (Å²) in [6, 6.07) is 10.4. The molecule has 1 aromatic rings. The van der Waals surface area contributed by atoms with Gasteiger partial charge in [0.25, 0.3) is 0 Å². The maximum absolute atomic E-state index is 11.8. The first-order chi connectivity index (χ1) is 8.53. The zero-order valence-corrected chi connectivity index (χ0v) is 11.0. The zero-order valence-electron chi connectivity index (χ0n) is 11.0. The predicted molar refractivity (Wildman–Crippen MR) is 71.9 cm³/mol. The van der Waals surface area contributed by atoms with Gasteiger partial charge in [-0.25, -0.2) is 0 Å². The molecule has 0 aromatic heterocycles. The number of nitrogens with one attached hydrogen (secondary N) is 1. The molecule has 0 spiro atoms. The summed E-state index contributed by atoms with van der Waals surface area (Å²) in [6.45, 7) is 3.47. The van der Waals surface area contributed by atoms with E-state index in [1.165, 1.54) is 5.56 Å². The summed E-state index contributed by atoms with van der Waals surface area (Å²) in [5.41, 5.74) is 6.17. The SMILES string of the molecule is CC1CC(NCc2ccccc2)(C(N)=O)CN1C. The normalized spacial score (nSPS) is 28.4. The molecular formula is C14H21N3O. The number of likely N-dealkylation sites (N-methyl/N-ethyl adjacent to an activating group) is 1. The summed E-state index contributed by atoms with van der Waals surface area (Å²) >= 11 is 0. The first-order valence-electron chi connectivity index (χ1n) is 6.32. The van der Waals surface area contributed by atoms with Crippen LogP contribution in [0, 0.1) is 0 Å². The number of likely N-dealkylation sites (tertiary alicyclic amines) is 1. The molecule has 1 aliphatic heterocycles. The minimum absolute atomic E-state index is 0.255. The Kier molecular flexibility index (Phi) is 3.68. The predicted octanol–water partition coefficient (Wildman–Crippen LogP) is 0.724. The zero-order chi connectivity index (χ0) is 13.2. The molecule has 3 N–H and O–H groups in total. The molecule has 1 fully saturated rings. The number of primary amides is 1. The van der Waals surface area contributed by atoms with Crippen molar-refractivity contribution in [3.05, 3.63) is 35.9 Å². The summed E-state index contributed by atoms with van der Waals surface area (Å²) < 4.78 is 0. The Hall–Kier alpha value is -1.39. The summed E-state index contributed by atoms with van der Waals surface area (Å²) in [6.07, 6.45) is 0.770. The molecule has 1 aliphatic rings. The lowest BCUT2D eigenvalue weighted by molar-refractivity contribution is -0.124. The largest absolute Gasteiger partial charge is 0.368 e. The van der Waals surface area contributed by atoms with Crippen molar-refractivity contribution < 1.29 is 4.79 Å². The molecule has 1 aromatic carbocycles. The van der Waals surface area contributed by atoms with Gasteiger partial charge in [0.05, 0.1) is 0 Å². The first-order valence-corrected chi connectivity index (χ1v) is 6.32. The van der Waals surface area contributed by atoms with E-state index in [9.17, 15) is 4.79 Å². The number of nitrogens with two attached hydrogens (primary N) is 1. The summed E-state index contributed by atoms with van der Waals surface area (Å²) in [4.78, 5) is 13.9. The number of carbonyl (C=O) groups excluding carboxylic acids is 1. The molecule has 4 heteroatoms. The van der Waals surface area contributed by atoms with Crippen LogP contribution in [0.15, 0.2) is 30.3 Å². The molecule has 1 heterocycles. The standard InChI is InChI=1S/C14H21N3O/c1-11-8-14(13(15)18,10-17(11)2)16-9-12-6-4-3-5-7-12/h3-7,11,16H,8-10H2,1-2H3,(H2,15,18). The highest BCUT2D eigenvalue weighted by molar-refractivity contribution is 5.85. The lowest BCUT2D eigenvalue weighted by Gasteiger charge is -2.27. The Labute approximate surface area is 108 Å². The Bertz CT molecular complexity index is 408. The Morgan fingerprint density at radius 3 is 2.67 bits per heavy atom. The van der Waals surface area contributed by atoms with Gasteiger partial charge in [-0.15, -0.1) is 0 Å². The topological polar surface area (TPSA) is 58.4 Å². The van der Waals surface area contributed by atoms with Crippen LogP contribution < -0.4 is 11.1 Å². The minimum atomic E-state index is -0.593. The molecule has 0 bridgehead atoms. The second-order valence-corrected chi connectivity index (χ2v) is 5.25. The molecule has 2 rings (SSSR count). The Morgan fingerprint density at radius 2 is 2.17 bits per heavy atom. The van der Waals surface area contributed by atoms with E-state index in [2.05, 4.69) is 17.1 Å². The van der Waals surface area contributed by atoms with Crippen LogP contribution in [0.25, 0.3) is 0 Å². The van der Waals surface area contributed by atoms with E-state index in [-0.39, 0.29) is 5.91 Å². The quantitative estimate of drug-likeness (QED) is 0.824. The van der Waals surface area contributed by atoms with Crippen LogP contribution in [0.2, 0.25) is 0 Å². The van der Waals surface area contributed by atoms with Crippen LogP contribution in [0.3, 0.4) is 0 Å². The van der Waals surface area contributed by atoms with E-state index in [4.69, 9.17) is 5.73 Å². The molecule has 0 saturated carbocycles. The minimum Gasteiger partial charge on any atom is -0.368 e. The monoisotopic (exact) mass is 247 g/mol. The molecule has 1 saturated heterocycles. The second kappa shape index (κ2) is 5.08. The van der Waals surface area contributed by atoms with Crippen molar-refractivity contribution in [2.75, 3.05) is 13.6 Å². The third-order valence-electron chi connectivity index (χ3n) is 3.86. The number of amides is 1. The molecule has 0 radical (unpaired) electrons. The van der Waals surface area contributed by atoms with Crippen molar-refractivity contribution >= 4 is 5.91 Å². The smallest absolute Gasteiger partial charge is 0.239 e. The van der Waals surface area contributed by atoms with E-state index in [1.54, 1.807) is 0 Å². The number of nitrogens with zero attached hydrogens (tertiary/aromatic N) is 1. The van der Waals surface area contributed by atoms with Crippen molar-refractivity contribution in [2.24, 2.45) is 5.73 Å². The van der Waals surface area contributed by atoms with Crippen LogP contribution in [0.1, 0.15) is 18.9 Å². The molecule has 2 atom stereocenters. The molecule has 98 valence electrons. The van der Waals surface area contributed by atoms with Crippen molar-refractivity contribution in [1.82, 2.24) is 10.2 Å². The molecule has 1 amide bonds. The van der Waals surface area contributed by atoms with Crippen LogP contribution in [0.4, 0.5) is 0 Å². The van der Waals surface area contributed by atoms with E-state index < -0.39 is 5.54 Å². The maximum Gasteiger partial charge on any atom is 0.239 e. The number of rotatable bonds is 4. The van der Waals surface area contributed by atoms with Gasteiger partial charge < -0.3 is 10.6 Å². The van der Waals surface area contributed by atoms with Gasteiger partial charge in [-0.3, -0.25) is 10.1 Å². The van der Waals surface area contributed by atoms with E-state index in [0.29, 0.717) is 19.1 Å². The van der Waals surface area contributed by atoms with Crippen LogP contribution in [-0.2, 0) is 11.3 Å². The third-order valence-corrected chi connectivity index (χ3v) is 3.86. The van der Waals surface area contributed by atoms with Crippen LogP contribution in [-0.4, -0.2) is 36.0 Å². The molecule has 4 nitrogen and oxygen atoms in total. The third kappa shape index (κ3) is 2.54. The highest BCUT2D eigenvalue weighted by Gasteiger charge is 2.44. The average Bonchev–Trinajstić information content (AvgIpc) is 2.65. The van der Waals surface area contributed by atoms with Gasteiger partial charge in [0.1, 0.15) is 5.54 Å². The van der Waals surface area contributed by atoms with Crippen molar-refractivity contribution in [3.63, 3.8) is 0 Å². The number of carbonyl (C=O) groups is 1. The number of hydrogen-bond donors (Lipinski definition) is 2. The molecule has 2 unspecified atom stereocenters. The fraction of sp³-hybridized carbons (Fsp3) is 0.500. The van der Waals surface area contributed by atoms with Gasteiger partial charge >= 0.3 is 0 Å². The van der Waals surface area contributed by atoms with Gasteiger partial charge in [-0.1, -0.05) is 30.3 Å². The van der Waals surface area contributed by atoms with Crippen LogP contribution >= 0.6 is 0 Å². The fourth-order valence-corrected chi connectivity index (χ4v) is 2.57. The first kappa shape index (κ1) is 13.1. The lowest BCUT2D eigenvalue weighted by atomic mass is 9.95. The van der Waals surface area contributed by atoms with Crippen molar-refractivity contribution in [2.45, 2.75) is 31.5 Å². The number of benzene rings is 1. The number of hydrogen-bond acceptors (Lipinski definition) is 3. The van der Waals surface area contributed by atoms with E-state index >= 15 is 0 Å².